The second-order valence-electron chi connectivity index (χ2n) is 4.99. The summed E-state index contributed by atoms with van der Waals surface area (Å²) in [4.78, 5) is 34.9. The zero-order chi connectivity index (χ0) is 17.4. The van der Waals surface area contributed by atoms with E-state index in [1.54, 1.807) is 6.92 Å². The normalized spacial score (nSPS) is 11.7. The second kappa shape index (κ2) is 8.97. The Morgan fingerprint density at radius 3 is 2.52 bits per heavy atom. The number of nitrogens with one attached hydrogen (secondary N) is 1. The molecule has 1 atom stereocenters. The van der Waals surface area contributed by atoms with Gasteiger partial charge in [0.25, 0.3) is 0 Å². The van der Waals surface area contributed by atoms with Gasteiger partial charge in [-0.1, -0.05) is 13.0 Å². The predicted molar refractivity (Wildman–Crippen MR) is 78.5 cm³/mol. The Labute approximate surface area is 133 Å². The number of carbonyl (C=O) groups excluding carboxylic acids is 3. The molecular formula is C16H19F2NO4. The smallest absolute Gasteiger partial charge is 0.328 e. The maximum Gasteiger partial charge on any atom is 0.328 e. The standard InChI is InChI=1S/C16H19F2NO4/c1-3-12(20)6-7-14(16(22)23-2)19-15(21)8-10-4-5-11(17)9-13(10)18/h4-5,9,14H,3,6-8H2,1-2H3,(H,19,21)/t14-/m1/s1. The Morgan fingerprint density at radius 1 is 1.26 bits per heavy atom. The van der Waals surface area contributed by atoms with Crippen molar-refractivity contribution in [3.05, 3.63) is 35.4 Å². The number of rotatable bonds is 8. The molecule has 1 rings (SSSR count). The number of amides is 1. The summed E-state index contributed by atoms with van der Waals surface area (Å²) in [6.45, 7) is 1.70. The van der Waals surface area contributed by atoms with Crippen molar-refractivity contribution in [3.63, 3.8) is 0 Å². The molecule has 0 spiro atoms. The molecule has 126 valence electrons. The van der Waals surface area contributed by atoms with E-state index < -0.39 is 29.6 Å². The summed E-state index contributed by atoms with van der Waals surface area (Å²) in [5.74, 6) is -2.91. The van der Waals surface area contributed by atoms with Crippen molar-refractivity contribution < 1.29 is 27.9 Å². The summed E-state index contributed by atoms with van der Waals surface area (Å²) in [5.41, 5.74) is 0.0113. The predicted octanol–water partition coefficient (Wildman–Crippen LogP) is 1.92. The molecular weight excluding hydrogens is 308 g/mol. The SMILES string of the molecule is CCC(=O)CC[C@@H](NC(=O)Cc1ccc(F)cc1F)C(=O)OC. The van der Waals surface area contributed by atoms with Crippen molar-refractivity contribution >= 4 is 17.7 Å². The molecule has 0 heterocycles. The van der Waals surface area contributed by atoms with Gasteiger partial charge in [0, 0.05) is 18.9 Å². The molecule has 0 radical (unpaired) electrons. The molecule has 1 aromatic rings. The van der Waals surface area contributed by atoms with Gasteiger partial charge in [-0.3, -0.25) is 9.59 Å². The van der Waals surface area contributed by atoms with Gasteiger partial charge < -0.3 is 10.1 Å². The molecule has 0 saturated heterocycles. The first-order valence-corrected chi connectivity index (χ1v) is 7.20. The van der Waals surface area contributed by atoms with Gasteiger partial charge in [0.2, 0.25) is 5.91 Å². The molecule has 1 amide bonds. The molecule has 0 aliphatic carbocycles. The first kappa shape index (κ1) is 18.7. The average Bonchev–Trinajstić information content (AvgIpc) is 2.52. The molecule has 0 aliphatic rings. The molecule has 0 unspecified atom stereocenters. The lowest BCUT2D eigenvalue weighted by atomic mass is 10.1. The summed E-state index contributed by atoms with van der Waals surface area (Å²) in [6.07, 6.45) is 0.225. The van der Waals surface area contributed by atoms with Crippen LogP contribution in [-0.2, 0) is 25.5 Å². The van der Waals surface area contributed by atoms with Crippen LogP contribution in [-0.4, -0.2) is 30.8 Å². The summed E-state index contributed by atoms with van der Waals surface area (Å²) in [5, 5.41) is 2.41. The highest BCUT2D eigenvalue weighted by Crippen LogP contribution is 2.11. The fourth-order valence-electron chi connectivity index (χ4n) is 1.96. The molecule has 0 aromatic heterocycles. The van der Waals surface area contributed by atoms with E-state index in [9.17, 15) is 23.2 Å². The summed E-state index contributed by atoms with van der Waals surface area (Å²) in [7, 11) is 1.17. The van der Waals surface area contributed by atoms with E-state index >= 15 is 0 Å². The molecule has 23 heavy (non-hydrogen) atoms. The number of carbonyl (C=O) groups is 3. The van der Waals surface area contributed by atoms with Crippen molar-refractivity contribution in [2.24, 2.45) is 0 Å². The molecule has 1 N–H and O–H groups in total. The zero-order valence-electron chi connectivity index (χ0n) is 13.0. The average molecular weight is 327 g/mol. The first-order chi connectivity index (χ1) is 10.9. The fraction of sp³-hybridized carbons (Fsp3) is 0.438. The topological polar surface area (TPSA) is 72.5 Å². The third-order valence-electron chi connectivity index (χ3n) is 3.29. The summed E-state index contributed by atoms with van der Waals surface area (Å²) >= 11 is 0. The lowest BCUT2D eigenvalue weighted by Crippen LogP contribution is -2.42. The van der Waals surface area contributed by atoms with Gasteiger partial charge >= 0.3 is 5.97 Å². The van der Waals surface area contributed by atoms with E-state index in [0.717, 1.165) is 12.1 Å². The third-order valence-corrected chi connectivity index (χ3v) is 3.29. The van der Waals surface area contributed by atoms with Crippen LogP contribution in [0.4, 0.5) is 8.78 Å². The Balaban J connectivity index is 2.68. The van der Waals surface area contributed by atoms with E-state index in [1.165, 1.54) is 7.11 Å². The Kier molecular flexibility index (Phi) is 7.31. The van der Waals surface area contributed by atoms with Crippen LogP contribution < -0.4 is 5.32 Å². The molecule has 7 heteroatoms. The van der Waals surface area contributed by atoms with E-state index in [1.807, 2.05) is 0 Å². The Hall–Kier alpha value is -2.31. The molecule has 1 aromatic carbocycles. The molecule has 0 aliphatic heterocycles. The van der Waals surface area contributed by atoms with Gasteiger partial charge in [-0.2, -0.15) is 0 Å². The Morgan fingerprint density at radius 2 is 1.96 bits per heavy atom. The highest BCUT2D eigenvalue weighted by molar-refractivity contribution is 5.86. The maximum absolute atomic E-state index is 13.5. The lowest BCUT2D eigenvalue weighted by Gasteiger charge is -2.16. The van der Waals surface area contributed by atoms with E-state index in [4.69, 9.17) is 0 Å². The van der Waals surface area contributed by atoms with Crippen LogP contribution in [0.2, 0.25) is 0 Å². The van der Waals surface area contributed by atoms with Crippen LogP contribution in [0.15, 0.2) is 18.2 Å². The van der Waals surface area contributed by atoms with Crippen LogP contribution in [0.3, 0.4) is 0 Å². The second-order valence-corrected chi connectivity index (χ2v) is 4.99. The van der Waals surface area contributed by atoms with E-state index in [-0.39, 0.29) is 30.6 Å². The minimum absolute atomic E-state index is 0.0113. The molecule has 5 nitrogen and oxygen atoms in total. The highest BCUT2D eigenvalue weighted by atomic mass is 19.1. The van der Waals surface area contributed by atoms with Crippen LogP contribution >= 0.6 is 0 Å². The number of benzene rings is 1. The van der Waals surface area contributed by atoms with Crippen LogP contribution in [0, 0.1) is 11.6 Å². The first-order valence-electron chi connectivity index (χ1n) is 7.20. The van der Waals surface area contributed by atoms with Gasteiger partial charge in [0.1, 0.15) is 23.5 Å². The minimum atomic E-state index is -0.980. The van der Waals surface area contributed by atoms with Crippen molar-refractivity contribution in [2.75, 3.05) is 7.11 Å². The van der Waals surface area contributed by atoms with Crippen LogP contribution in [0.1, 0.15) is 31.7 Å². The summed E-state index contributed by atoms with van der Waals surface area (Å²) < 4.78 is 30.9. The van der Waals surface area contributed by atoms with Crippen molar-refractivity contribution in [2.45, 2.75) is 38.6 Å². The number of hydrogen-bond donors (Lipinski definition) is 1. The van der Waals surface area contributed by atoms with Crippen molar-refractivity contribution in [1.82, 2.24) is 5.32 Å². The number of hydrogen-bond acceptors (Lipinski definition) is 4. The summed E-state index contributed by atoms with van der Waals surface area (Å²) in [6, 6.07) is 1.91. The third kappa shape index (κ3) is 6.14. The number of esters is 1. The van der Waals surface area contributed by atoms with Crippen LogP contribution in [0.5, 0.6) is 0 Å². The maximum atomic E-state index is 13.5. The fourth-order valence-corrected chi connectivity index (χ4v) is 1.96. The van der Waals surface area contributed by atoms with Crippen molar-refractivity contribution in [3.8, 4) is 0 Å². The number of Topliss-reactive ketones (excluding diaryl/α,β-unsaturated/α-hetero) is 1. The van der Waals surface area contributed by atoms with Crippen LogP contribution in [0.25, 0.3) is 0 Å². The number of ketones is 1. The quantitative estimate of drug-likeness (QED) is 0.741. The monoisotopic (exact) mass is 327 g/mol. The van der Waals surface area contributed by atoms with E-state index in [0.29, 0.717) is 12.5 Å². The Bertz CT molecular complexity index is 589. The molecule has 0 saturated carbocycles. The van der Waals surface area contributed by atoms with E-state index in [2.05, 4.69) is 10.1 Å². The lowest BCUT2D eigenvalue weighted by molar-refractivity contribution is -0.145. The largest absolute Gasteiger partial charge is 0.467 e. The highest BCUT2D eigenvalue weighted by Gasteiger charge is 2.22. The van der Waals surface area contributed by atoms with Gasteiger partial charge in [-0.15, -0.1) is 0 Å². The minimum Gasteiger partial charge on any atom is -0.467 e. The van der Waals surface area contributed by atoms with Gasteiger partial charge in [0.05, 0.1) is 13.5 Å². The van der Waals surface area contributed by atoms with Gasteiger partial charge in [-0.05, 0) is 18.1 Å². The number of methoxy groups -OCH3 is 1. The molecule has 0 fully saturated rings. The van der Waals surface area contributed by atoms with Gasteiger partial charge in [0.15, 0.2) is 0 Å². The van der Waals surface area contributed by atoms with Gasteiger partial charge in [-0.25, -0.2) is 13.6 Å². The van der Waals surface area contributed by atoms with Crippen molar-refractivity contribution in [1.29, 1.82) is 0 Å². The molecule has 0 bridgehead atoms. The zero-order valence-corrected chi connectivity index (χ0v) is 13.0. The number of halogens is 2. The number of ether oxygens (including phenoxy) is 1.